The number of nitrogens with zero attached hydrogens (tertiary/aromatic N) is 2. The minimum atomic E-state index is -5.34. The van der Waals surface area contributed by atoms with Crippen LogP contribution in [0.5, 0.6) is 5.88 Å². The number of sulfonamides is 1. The first-order chi connectivity index (χ1) is 26.8. The highest BCUT2D eigenvalue weighted by Crippen LogP contribution is 2.47. The number of aliphatic hydroxyl groups is 1. The van der Waals surface area contributed by atoms with E-state index in [1.54, 1.807) is 12.2 Å². The van der Waals surface area contributed by atoms with Gasteiger partial charge < -0.3 is 25.4 Å². The predicted octanol–water partition coefficient (Wildman–Crippen LogP) is 3.82. The molecule has 57 heavy (non-hydrogen) atoms. The maximum atomic E-state index is 14.5. The zero-order valence-corrected chi connectivity index (χ0v) is 31.4. The van der Waals surface area contributed by atoms with Gasteiger partial charge in [-0.05, 0) is 81.2 Å². The molecule has 1 saturated heterocycles. The predicted molar refractivity (Wildman–Crippen MR) is 194 cm³/mol. The molecular weight excluding hydrogens is 782 g/mol. The van der Waals surface area contributed by atoms with E-state index in [1.807, 2.05) is 5.32 Å². The molecule has 4 amide bonds. The van der Waals surface area contributed by atoms with Crippen molar-refractivity contribution >= 4 is 55.3 Å². The van der Waals surface area contributed by atoms with Crippen LogP contribution in [-0.2, 0) is 29.2 Å². The smallest absolute Gasteiger partial charge is 0.423 e. The fourth-order valence-corrected chi connectivity index (χ4v) is 8.83. The fraction of sp³-hybridized carbons (Fsp3) is 0.500. The second kappa shape index (κ2) is 14.8. The molecule has 19 heteroatoms. The molecule has 6 atom stereocenters. The van der Waals surface area contributed by atoms with Crippen molar-refractivity contribution in [3.8, 4) is 5.88 Å². The lowest BCUT2D eigenvalue weighted by Gasteiger charge is -2.30. The summed E-state index contributed by atoms with van der Waals surface area (Å²) in [6, 6.07) is 4.35. The first-order valence-electron chi connectivity index (χ1n) is 18.6. The number of hydrogen-bond donors (Lipinski definition) is 4. The van der Waals surface area contributed by atoms with E-state index < -0.39 is 98.5 Å². The van der Waals surface area contributed by atoms with Crippen LogP contribution in [0.15, 0.2) is 48.6 Å². The highest BCUT2D eigenvalue weighted by molar-refractivity contribution is 7.91. The Labute approximate surface area is 323 Å². The third-order valence-corrected chi connectivity index (χ3v) is 13.5. The van der Waals surface area contributed by atoms with Gasteiger partial charge in [0.1, 0.15) is 35.4 Å². The molecule has 1 aromatic heterocycles. The van der Waals surface area contributed by atoms with Crippen molar-refractivity contribution in [1.82, 2.24) is 25.2 Å². The van der Waals surface area contributed by atoms with E-state index in [2.05, 4.69) is 15.0 Å². The van der Waals surface area contributed by atoms with Crippen LogP contribution in [0, 0.1) is 17.6 Å². The standard InChI is InChI=1S/C38H40F5N5O8S/c1-36(13-14-36)57(54,55)47-35(53)37-18-20(37)7-5-3-2-4-6-8-27(44-32(51)30(49)38(41,42)43)34(52)48-19-23(17-29(48)31(50)46-37)56-33-25-12-10-21(39)15-26(25)24-11-9-22(40)16-28(24)45-33/h5,7,9-12,15-16,20,23,27,29-30,49H,2-4,6,8,13-14,17-19H2,1H3,(H,44,51)(H,46,50)(H,47,53)/b7-5-/t20-,23-,27+,29+,30+,37-/m1/s1. The lowest BCUT2D eigenvalue weighted by Crippen LogP contribution is -2.59. The van der Waals surface area contributed by atoms with Gasteiger partial charge in [0.05, 0.1) is 16.8 Å². The van der Waals surface area contributed by atoms with Crippen LogP contribution in [0.4, 0.5) is 22.0 Å². The lowest BCUT2D eigenvalue weighted by molar-refractivity contribution is -0.205. The molecule has 2 aliphatic carbocycles. The average molecular weight is 822 g/mol. The van der Waals surface area contributed by atoms with Crippen molar-refractivity contribution in [2.75, 3.05) is 6.54 Å². The zero-order valence-electron chi connectivity index (χ0n) is 30.6. The SMILES string of the molecule is CC1(S(=O)(=O)NC(=O)[C@@]23C[C@H]2/C=C\CCCCC[C@H](NC(=O)[C@H](O)C(F)(F)F)C(=O)N2C[C@H](Oc4nc5cc(F)ccc5c5cc(F)ccc45)C[C@H]2C(=O)N3)CC1. The summed E-state index contributed by atoms with van der Waals surface area (Å²) in [7, 11) is -4.13. The highest BCUT2D eigenvalue weighted by Gasteiger charge is 2.63. The van der Waals surface area contributed by atoms with E-state index in [1.165, 1.54) is 31.2 Å². The number of aromatic nitrogens is 1. The molecule has 4 aliphatic rings. The van der Waals surface area contributed by atoms with E-state index in [0.29, 0.717) is 48.3 Å². The number of halogens is 5. The Morgan fingerprint density at radius 2 is 1.74 bits per heavy atom. The Kier molecular flexibility index (Phi) is 10.5. The van der Waals surface area contributed by atoms with Crippen LogP contribution in [0.1, 0.15) is 64.7 Å². The number of amides is 4. The molecule has 3 aromatic rings. The third-order valence-electron chi connectivity index (χ3n) is 11.3. The lowest BCUT2D eigenvalue weighted by atomic mass is 10.0. The molecule has 3 fully saturated rings. The topological polar surface area (TPSA) is 184 Å². The van der Waals surface area contributed by atoms with Crippen molar-refractivity contribution < 1.29 is 59.4 Å². The first kappa shape index (κ1) is 40.3. The molecule has 3 heterocycles. The molecular formula is C38H40F5N5O8S. The van der Waals surface area contributed by atoms with Gasteiger partial charge in [0.15, 0.2) is 0 Å². The van der Waals surface area contributed by atoms with Crippen LogP contribution in [-0.4, -0.2) is 94.3 Å². The van der Waals surface area contributed by atoms with Gasteiger partial charge in [0.2, 0.25) is 33.8 Å². The minimum absolute atomic E-state index is 0.0298. The second-order valence-corrected chi connectivity index (χ2v) is 17.7. The number of alkyl halides is 3. The molecule has 4 N–H and O–H groups in total. The van der Waals surface area contributed by atoms with Gasteiger partial charge in [-0.2, -0.15) is 13.2 Å². The monoisotopic (exact) mass is 821 g/mol. The maximum Gasteiger partial charge on any atom is 0.423 e. The Morgan fingerprint density at radius 1 is 1.04 bits per heavy atom. The molecule has 0 spiro atoms. The second-order valence-electron chi connectivity index (χ2n) is 15.5. The number of allylic oxidation sites excluding steroid dienone is 1. The largest absolute Gasteiger partial charge is 0.472 e. The van der Waals surface area contributed by atoms with Crippen LogP contribution >= 0.6 is 0 Å². The van der Waals surface area contributed by atoms with Crippen LogP contribution in [0.3, 0.4) is 0 Å². The molecule has 0 bridgehead atoms. The number of nitrogens with one attached hydrogen (secondary N) is 3. The Hall–Kier alpha value is -4.91. The van der Waals surface area contributed by atoms with Gasteiger partial charge in [-0.25, -0.2) is 22.2 Å². The fourth-order valence-electron chi connectivity index (χ4n) is 7.51. The molecule has 306 valence electrons. The van der Waals surface area contributed by atoms with Crippen LogP contribution < -0.4 is 20.1 Å². The third kappa shape index (κ3) is 8.00. The summed E-state index contributed by atoms with van der Waals surface area (Å²) in [6.45, 7) is 1.09. The number of aliphatic hydroxyl groups excluding tert-OH is 1. The van der Waals surface area contributed by atoms with Gasteiger partial charge in [0.25, 0.3) is 11.8 Å². The quantitative estimate of drug-likeness (QED) is 0.156. The van der Waals surface area contributed by atoms with E-state index in [0.717, 1.165) is 17.0 Å². The molecule has 2 aromatic carbocycles. The summed E-state index contributed by atoms with van der Waals surface area (Å²) in [5, 5.41) is 15.4. The Morgan fingerprint density at radius 3 is 2.44 bits per heavy atom. The summed E-state index contributed by atoms with van der Waals surface area (Å²) < 4.78 is 102. The number of ether oxygens (including phenoxy) is 1. The van der Waals surface area contributed by atoms with Crippen molar-refractivity contribution in [3.63, 3.8) is 0 Å². The van der Waals surface area contributed by atoms with Crippen molar-refractivity contribution in [3.05, 3.63) is 60.2 Å². The average Bonchev–Trinajstić information content (AvgIpc) is 4.02. The van der Waals surface area contributed by atoms with Gasteiger partial charge in [-0.1, -0.05) is 25.0 Å². The Bertz CT molecular complexity index is 2290. The van der Waals surface area contributed by atoms with E-state index in [-0.39, 0.29) is 37.1 Å². The number of carbonyl (C=O) groups excluding carboxylic acids is 4. The maximum absolute atomic E-state index is 14.5. The minimum Gasteiger partial charge on any atom is -0.472 e. The van der Waals surface area contributed by atoms with Crippen molar-refractivity contribution in [1.29, 1.82) is 0 Å². The summed E-state index contributed by atoms with van der Waals surface area (Å²) in [5.41, 5.74) is -1.62. The molecule has 2 aliphatic heterocycles. The van der Waals surface area contributed by atoms with Crippen molar-refractivity contribution in [2.45, 2.75) is 105 Å². The van der Waals surface area contributed by atoms with Gasteiger partial charge >= 0.3 is 6.18 Å². The van der Waals surface area contributed by atoms with E-state index in [4.69, 9.17) is 4.74 Å². The molecule has 2 saturated carbocycles. The van der Waals surface area contributed by atoms with E-state index >= 15 is 0 Å². The first-order valence-corrected chi connectivity index (χ1v) is 20.1. The van der Waals surface area contributed by atoms with Gasteiger partial charge in [-0.3, -0.25) is 23.9 Å². The summed E-state index contributed by atoms with van der Waals surface area (Å²) in [6.07, 6.45) is -4.37. The number of hydrogen-bond acceptors (Lipinski definition) is 9. The van der Waals surface area contributed by atoms with Crippen LogP contribution in [0.2, 0.25) is 0 Å². The van der Waals surface area contributed by atoms with Crippen LogP contribution in [0.25, 0.3) is 21.7 Å². The van der Waals surface area contributed by atoms with Gasteiger partial charge in [-0.15, -0.1) is 0 Å². The number of benzene rings is 2. The molecule has 0 unspecified atom stereocenters. The number of pyridine rings is 1. The number of carbonyl (C=O) groups is 4. The summed E-state index contributed by atoms with van der Waals surface area (Å²) in [5.74, 6) is -6.70. The molecule has 13 nitrogen and oxygen atoms in total. The zero-order chi connectivity index (χ0) is 41.1. The highest BCUT2D eigenvalue weighted by atomic mass is 32.2. The van der Waals surface area contributed by atoms with E-state index in [9.17, 15) is 54.7 Å². The summed E-state index contributed by atoms with van der Waals surface area (Å²) in [4.78, 5) is 60.5. The summed E-state index contributed by atoms with van der Waals surface area (Å²) >= 11 is 0. The number of fused-ring (bicyclic) bond motifs is 5. The normalized spacial score (nSPS) is 27.6. The molecule has 7 rings (SSSR count). The Balaban J connectivity index is 1.24. The molecule has 0 radical (unpaired) electrons. The van der Waals surface area contributed by atoms with Gasteiger partial charge in [0, 0.05) is 29.2 Å². The number of rotatable bonds is 7. The van der Waals surface area contributed by atoms with Crippen molar-refractivity contribution in [2.24, 2.45) is 5.92 Å².